The predicted molar refractivity (Wildman–Crippen MR) is 108 cm³/mol. The second kappa shape index (κ2) is 7.87. The van der Waals surface area contributed by atoms with Gasteiger partial charge in [0, 0.05) is 5.75 Å². The highest BCUT2D eigenvalue weighted by atomic mass is 32.2. The van der Waals surface area contributed by atoms with Crippen molar-refractivity contribution in [2.24, 2.45) is 10.1 Å². The van der Waals surface area contributed by atoms with Crippen molar-refractivity contribution in [3.05, 3.63) is 60.2 Å². The number of hydrazone groups is 1. The number of nitrogens with one attached hydrogen (secondary N) is 1. The number of aliphatic imine (C=N–C) groups is 1. The summed E-state index contributed by atoms with van der Waals surface area (Å²) in [6.45, 7) is 0. The Hall–Kier alpha value is -2.07. The van der Waals surface area contributed by atoms with Gasteiger partial charge in [-0.2, -0.15) is 5.10 Å². The van der Waals surface area contributed by atoms with E-state index in [1.807, 2.05) is 6.07 Å². The molecule has 0 spiro atoms. The smallest absolute Gasteiger partial charge is 0.177 e. The highest BCUT2D eigenvalue weighted by Gasteiger charge is 2.17. The minimum atomic E-state index is 0.491. The molecule has 0 amide bonds. The van der Waals surface area contributed by atoms with Crippen molar-refractivity contribution in [1.82, 2.24) is 5.43 Å². The zero-order valence-electron chi connectivity index (χ0n) is 14.3. The van der Waals surface area contributed by atoms with E-state index in [1.54, 1.807) is 11.8 Å². The molecule has 1 aliphatic carbocycles. The lowest BCUT2D eigenvalue weighted by atomic mass is 9.96. The van der Waals surface area contributed by atoms with E-state index in [0.717, 1.165) is 16.6 Å². The maximum absolute atomic E-state index is 4.84. The molecule has 1 heterocycles. The van der Waals surface area contributed by atoms with E-state index in [0.29, 0.717) is 6.04 Å². The fourth-order valence-electron chi connectivity index (χ4n) is 3.39. The monoisotopic (exact) mass is 349 g/mol. The van der Waals surface area contributed by atoms with Gasteiger partial charge in [-0.1, -0.05) is 85.6 Å². The van der Waals surface area contributed by atoms with Gasteiger partial charge in [-0.3, -0.25) is 10.4 Å². The second-order valence-electron chi connectivity index (χ2n) is 6.63. The van der Waals surface area contributed by atoms with Crippen LogP contribution in [-0.4, -0.2) is 22.7 Å². The van der Waals surface area contributed by atoms with E-state index in [2.05, 4.69) is 59.1 Å². The van der Waals surface area contributed by atoms with Gasteiger partial charge in [-0.15, -0.1) is 0 Å². The Balaban J connectivity index is 1.43. The number of amidine groups is 1. The first-order valence-electron chi connectivity index (χ1n) is 9.07. The SMILES string of the molecule is c1ccc(-c2ccc(C3=NNC(=NC4CCCCC4)SC3)cc2)cc1. The van der Waals surface area contributed by atoms with Crippen LogP contribution in [0.2, 0.25) is 0 Å². The van der Waals surface area contributed by atoms with Crippen molar-refractivity contribution in [3.8, 4) is 11.1 Å². The van der Waals surface area contributed by atoms with Crippen LogP contribution in [0.1, 0.15) is 37.7 Å². The number of hydrogen-bond acceptors (Lipinski definition) is 3. The van der Waals surface area contributed by atoms with E-state index in [4.69, 9.17) is 4.99 Å². The van der Waals surface area contributed by atoms with Crippen LogP contribution in [-0.2, 0) is 0 Å². The summed E-state index contributed by atoms with van der Waals surface area (Å²) in [7, 11) is 0. The van der Waals surface area contributed by atoms with Crippen molar-refractivity contribution < 1.29 is 0 Å². The highest BCUT2D eigenvalue weighted by Crippen LogP contribution is 2.23. The van der Waals surface area contributed by atoms with E-state index >= 15 is 0 Å². The molecule has 0 radical (unpaired) electrons. The Morgan fingerprint density at radius 1 is 0.840 bits per heavy atom. The normalized spacial score (nSPS) is 20.2. The van der Waals surface area contributed by atoms with Gasteiger partial charge in [0.25, 0.3) is 0 Å². The summed E-state index contributed by atoms with van der Waals surface area (Å²) in [6, 6.07) is 19.6. The van der Waals surface area contributed by atoms with Gasteiger partial charge in [0.15, 0.2) is 5.17 Å². The molecule has 1 saturated carbocycles. The molecule has 0 atom stereocenters. The van der Waals surface area contributed by atoms with Crippen molar-refractivity contribution in [3.63, 3.8) is 0 Å². The molecule has 1 N–H and O–H groups in total. The standard InChI is InChI=1S/C21H23N3S/c1-3-7-16(8-4-1)17-11-13-18(14-12-17)20-15-25-21(24-23-20)22-19-9-5-2-6-10-19/h1,3-4,7-8,11-14,19H,2,5-6,9-10,15H2,(H,22,24). The Kier molecular flexibility index (Phi) is 5.17. The largest absolute Gasteiger partial charge is 0.258 e. The number of thioether (sulfide) groups is 1. The summed E-state index contributed by atoms with van der Waals surface area (Å²) < 4.78 is 0. The third kappa shape index (κ3) is 4.13. The fourth-order valence-corrected chi connectivity index (χ4v) is 4.23. The summed E-state index contributed by atoms with van der Waals surface area (Å²) in [4.78, 5) is 4.84. The van der Waals surface area contributed by atoms with Crippen molar-refractivity contribution >= 4 is 22.6 Å². The maximum atomic E-state index is 4.84. The molecule has 4 heteroatoms. The Labute approximate surface area is 153 Å². The van der Waals surface area contributed by atoms with Gasteiger partial charge in [0.05, 0.1) is 11.8 Å². The lowest BCUT2D eigenvalue weighted by Gasteiger charge is -2.21. The second-order valence-corrected chi connectivity index (χ2v) is 7.59. The van der Waals surface area contributed by atoms with E-state index < -0.39 is 0 Å². The highest BCUT2D eigenvalue weighted by molar-refractivity contribution is 8.14. The summed E-state index contributed by atoms with van der Waals surface area (Å²) in [5, 5.41) is 5.55. The number of hydrogen-bond donors (Lipinski definition) is 1. The van der Waals surface area contributed by atoms with E-state index in [1.165, 1.54) is 48.8 Å². The van der Waals surface area contributed by atoms with Gasteiger partial charge >= 0.3 is 0 Å². The van der Waals surface area contributed by atoms with Crippen LogP contribution >= 0.6 is 11.8 Å². The zero-order valence-corrected chi connectivity index (χ0v) is 15.1. The molecule has 0 unspecified atom stereocenters. The lowest BCUT2D eigenvalue weighted by Crippen LogP contribution is -2.27. The third-order valence-corrected chi connectivity index (χ3v) is 5.72. The molecule has 0 saturated heterocycles. The Morgan fingerprint density at radius 3 is 2.20 bits per heavy atom. The van der Waals surface area contributed by atoms with Crippen LogP contribution in [0.25, 0.3) is 11.1 Å². The average Bonchev–Trinajstić information content (AvgIpc) is 2.70. The summed E-state index contributed by atoms with van der Waals surface area (Å²) in [6.07, 6.45) is 6.44. The number of rotatable bonds is 3. The first kappa shape index (κ1) is 16.4. The summed E-state index contributed by atoms with van der Waals surface area (Å²) >= 11 is 1.77. The molecule has 1 aliphatic heterocycles. The van der Waals surface area contributed by atoms with Crippen LogP contribution < -0.4 is 5.43 Å². The molecule has 128 valence electrons. The summed E-state index contributed by atoms with van der Waals surface area (Å²) in [5.41, 5.74) is 7.91. The van der Waals surface area contributed by atoms with Gasteiger partial charge in [-0.25, -0.2) is 0 Å². The number of benzene rings is 2. The predicted octanol–water partition coefficient (Wildman–Crippen LogP) is 5.08. The van der Waals surface area contributed by atoms with Crippen LogP contribution in [0.3, 0.4) is 0 Å². The van der Waals surface area contributed by atoms with Crippen LogP contribution in [0.5, 0.6) is 0 Å². The van der Waals surface area contributed by atoms with Gasteiger partial charge < -0.3 is 0 Å². The van der Waals surface area contributed by atoms with Gasteiger partial charge in [0.1, 0.15) is 0 Å². The molecular weight excluding hydrogens is 326 g/mol. The van der Waals surface area contributed by atoms with E-state index in [9.17, 15) is 0 Å². The van der Waals surface area contributed by atoms with Gasteiger partial charge in [0.2, 0.25) is 0 Å². The van der Waals surface area contributed by atoms with E-state index in [-0.39, 0.29) is 0 Å². The van der Waals surface area contributed by atoms with Crippen molar-refractivity contribution in [2.75, 3.05) is 5.75 Å². The molecule has 0 bridgehead atoms. The zero-order chi connectivity index (χ0) is 16.9. The fraction of sp³-hybridized carbons (Fsp3) is 0.333. The molecule has 2 aromatic rings. The molecule has 2 aromatic carbocycles. The molecular formula is C21H23N3S. The Bertz CT molecular complexity index is 759. The van der Waals surface area contributed by atoms with Crippen LogP contribution in [0, 0.1) is 0 Å². The maximum Gasteiger partial charge on any atom is 0.177 e. The first-order valence-corrected chi connectivity index (χ1v) is 10.1. The first-order chi connectivity index (χ1) is 12.4. The topological polar surface area (TPSA) is 36.8 Å². The minimum absolute atomic E-state index is 0.491. The average molecular weight is 350 g/mol. The minimum Gasteiger partial charge on any atom is -0.258 e. The molecule has 1 fully saturated rings. The number of nitrogens with zero attached hydrogens (tertiary/aromatic N) is 2. The molecule has 4 rings (SSSR count). The molecule has 2 aliphatic rings. The van der Waals surface area contributed by atoms with Crippen molar-refractivity contribution in [2.45, 2.75) is 38.1 Å². The third-order valence-electron chi connectivity index (χ3n) is 4.83. The Morgan fingerprint density at radius 2 is 1.52 bits per heavy atom. The van der Waals surface area contributed by atoms with Gasteiger partial charge in [-0.05, 0) is 29.5 Å². The molecule has 3 nitrogen and oxygen atoms in total. The van der Waals surface area contributed by atoms with Crippen LogP contribution in [0.4, 0.5) is 0 Å². The molecule has 0 aromatic heterocycles. The summed E-state index contributed by atoms with van der Waals surface area (Å²) in [5.74, 6) is 0.878. The van der Waals surface area contributed by atoms with Crippen molar-refractivity contribution in [1.29, 1.82) is 0 Å². The quantitative estimate of drug-likeness (QED) is 0.838. The lowest BCUT2D eigenvalue weighted by molar-refractivity contribution is 0.443. The van der Waals surface area contributed by atoms with Crippen LogP contribution in [0.15, 0.2) is 64.7 Å². The molecule has 25 heavy (non-hydrogen) atoms.